The summed E-state index contributed by atoms with van der Waals surface area (Å²) in [6.07, 6.45) is -2.40. The molecule has 1 aromatic heterocycles. The van der Waals surface area contributed by atoms with Gasteiger partial charge in [0.15, 0.2) is 11.5 Å². The summed E-state index contributed by atoms with van der Waals surface area (Å²) < 4.78 is 57.2. The number of ether oxygens (including phenoxy) is 3. The van der Waals surface area contributed by atoms with Crippen molar-refractivity contribution >= 4 is 28.9 Å². The third-order valence-corrected chi connectivity index (χ3v) is 6.87. The predicted molar refractivity (Wildman–Crippen MR) is 141 cm³/mol. The molecular weight excluding hydrogens is 517 g/mol. The van der Waals surface area contributed by atoms with Crippen molar-refractivity contribution in [1.82, 2.24) is 9.97 Å². The van der Waals surface area contributed by atoms with Crippen LogP contribution < -0.4 is 20.5 Å². The van der Waals surface area contributed by atoms with E-state index in [1.807, 2.05) is 6.92 Å². The second kappa shape index (κ2) is 11.9. The number of nitrogens with two attached hydrogens (primary N) is 1. The molecule has 4 rings (SSSR count). The van der Waals surface area contributed by atoms with Gasteiger partial charge in [0.1, 0.15) is 11.6 Å². The van der Waals surface area contributed by atoms with Gasteiger partial charge in [-0.2, -0.15) is 13.2 Å². The predicted octanol–water partition coefficient (Wildman–Crippen LogP) is 5.62. The second-order valence-electron chi connectivity index (χ2n) is 9.53. The molecular formula is C27H33F3N4O5. The minimum absolute atomic E-state index is 0.0302. The zero-order valence-electron chi connectivity index (χ0n) is 22.4. The Morgan fingerprint density at radius 1 is 1.13 bits per heavy atom. The number of hydrogen-bond acceptors (Lipinski definition) is 8. The molecule has 0 spiro atoms. The summed E-state index contributed by atoms with van der Waals surface area (Å²) in [6.45, 7) is 5.76. The van der Waals surface area contributed by atoms with Crippen LogP contribution in [0.2, 0.25) is 0 Å². The lowest BCUT2D eigenvalue weighted by atomic mass is 10.0. The van der Waals surface area contributed by atoms with E-state index in [-0.39, 0.29) is 23.7 Å². The van der Waals surface area contributed by atoms with Crippen molar-refractivity contribution in [3.8, 4) is 11.5 Å². The van der Waals surface area contributed by atoms with E-state index in [1.54, 1.807) is 40.2 Å². The van der Waals surface area contributed by atoms with E-state index in [4.69, 9.17) is 29.8 Å². The third-order valence-electron chi connectivity index (χ3n) is 6.87. The first-order valence-corrected chi connectivity index (χ1v) is 12.2. The third kappa shape index (κ3) is 6.99. The SMILES string of the molecule is COc1cc2nc(C)nc(N[C@H](C)c3cc(N)cc(C(F)(F)F)c3)c2cc1OCC1([C@H](C)OC)CC1.O=CO. The van der Waals surface area contributed by atoms with Gasteiger partial charge in [-0.1, -0.05) is 0 Å². The smallest absolute Gasteiger partial charge is 0.416 e. The first kappa shape index (κ1) is 29.8. The number of halogens is 3. The fourth-order valence-corrected chi connectivity index (χ4v) is 4.31. The molecule has 1 aliphatic carbocycles. The molecule has 212 valence electrons. The summed E-state index contributed by atoms with van der Waals surface area (Å²) in [4.78, 5) is 17.4. The number of nitrogen functional groups attached to an aromatic ring is 1. The van der Waals surface area contributed by atoms with Gasteiger partial charge in [-0.05, 0) is 63.4 Å². The van der Waals surface area contributed by atoms with Crippen molar-refractivity contribution in [2.75, 3.05) is 31.9 Å². The summed E-state index contributed by atoms with van der Waals surface area (Å²) in [5, 5.41) is 10.8. The molecule has 2 aromatic carbocycles. The largest absolute Gasteiger partial charge is 0.493 e. The summed E-state index contributed by atoms with van der Waals surface area (Å²) in [7, 11) is 3.25. The minimum Gasteiger partial charge on any atom is -0.493 e. The summed E-state index contributed by atoms with van der Waals surface area (Å²) in [5.41, 5.74) is 5.99. The lowest BCUT2D eigenvalue weighted by Crippen LogP contribution is -2.27. The van der Waals surface area contributed by atoms with Crippen molar-refractivity contribution in [3.63, 3.8) is 0 Å². The zero-order chi connectivity index (χ0) is 29.0. The average Bonchev–Trinajstić information content (AvgIpc) is 3.67. The highest BCUT2D eigenvalue weighted by Gasteiger charge is 2.48. The Balaban J connectivity index is 0.00000134. The first-order chi connectivity index (χ1) is 18.4. The fourth-order valence-electron chi connectivity index (χ4n) is 4.31. The van der Waals surface area contributed by atoms with Crippen LogP contribution >= 0.6 is 0 Å². The van der Waals surface area contributed by atoms with Gasteiger partial charge in [0.25, 0.3) is 6.47 Å². The Hall–Kier alpha value is -3.80. The van der Waals surface area contributed by atoms with Gasteiger partial charge in [0.05, 0.1) is 36.9 Å². The van der Waals surface area contributed by atoms with Crippen molar-refractivity contribution < 1.29 is 37.3 Å². The van der Waals surface area contributed by atoms with E-state index in [1.165, 1.54) is 6.07 Å². The summed E-state index contributed by atoms with van der Waals surface area (Å²) >= 11 is 0. The van der Waals surface area contributed by atoms with Crippen molar-refractivity contribution in [3.05, 3.63) is 47.3 Å². The topological polar surface area (TPSA) is 129 Å². The Bertz CT molecular complexity index is 1310. The Morgan fingerprint density at radius 3 is 2.36 bits per heavy atom. The van der Waals surface area contributed by atoms with Crippen LogP contribution in [0.25, 0.3) is 10.9 Å². The van der Waals surface area contributed by atoms with E-state index in [0.29, 0.717) is 46.2 Å². The molecule has 1 fully saturated rings. The van der Waals surface area contributed by atoms with Gasteiger partial charge in [-0.3, -0.25) is 4.79 Å². The van der Waals surface area contributed by atoms with Crippen molar-refractivity contribution in [2.45, 2.75) is 51.9 Å². The monoisotopic (exact) mass is 550 g/mol. The average molecular weight is 551 g/mol. The number of methoxy groups -OCH3 is 2. The quantitative estimate of drug-likeness (QED) is 0.230. The molecule has 9 nitrogen and oxygen atoms in total. The maximum atomic E-state index is 13.3. The van der Waals surface area contributed by atoms with Crippen LogP contribution in [0.4, 0.5) is 24.7 Å². The van der Waals surface area contributed by atoms with Crippen LogP contribution in [0.5, 0.6) is 11.5 Å². The fraction of sp³-hybridized carbons (Fsp3) is 0.444. The molecule has 0 bridgehead atoms. The summed E-state index contributed by atoms with van der Waals surface area (Å²) in [6, 6.07) is 6.59. The lowest BCUT2D eigenvalue weighted by molar-refractivity contribution is -0.137. The van der Waals surface area contributed by atoms with E-state index in [0.717, 1.165) is 25.0 Å². The van der Waals surface area contributed by atoms with Crippen LogP contribution in [0.1, 0.15) is 49.7 Å². The number of alkyl halides is 3. The highest BCUT2D eigenvalue weighted by molar-refractivity contribution is 5.92. The molecule has 0 unspecified atom stereocenters. The molecule has 0 radical (unpaired) electrons. The van der Waals surface area contributed by atoms with Gasteiger partial charge in [-0.15, -0.1) is 0 Å². The van der Waals surface area contributed by atoms with Crippen LogP contribution in [0.15, 0.2) is 30.3 Å². The Labute approximate surface area is 224 Å². The van der Waals surface area contributed by atoms with Crippen LogP contribution in [0, 0.1) is 12.3 Å². The second-order valence-corrected chi connectivity index (χ2v) is 9.53. The highest BCUT2D eigenvalue weighted by atomic mass is 19.4. The number of benzene rings is 2. The van der Waals surface area contributed by atoms with Crippen molar-refractivity contribution in [2.24, 2.45) is 5.41 Å². The highest BCUT2D eigenvalue weighted by Crippen LogP contribution is 2.50. The minimum atomic E-state index is -4.50. The number of hydrogen-bond donors (Lipinski definition) is 3. The van der Waals surface area contributed by atoms with E-state index < -0.39 is 17.8 Å². The van der Waals surface area contributed by atoms with E-state index in [9.17, 15) is 13.2 Å². The number of carbonyl (C=O) groups is 1. The first-order valence-electron chi connectivity index (χ1n) is 12.2. The molecule has 2 atom stereocenters. The maximum Gasteiger partial charge on any atom is 0.416 e. The lowest BCUT2D eigenvalue weighted by Gasteiger charge is -2.23. The molecule has 0 aliphatic heterocycles. The number of aryl methyl sites for hydroxylation is 1. The van der Waals surface area contributed by atoms with E-state index >= 15 is 0 Å². The molecule has 1 saturated carbocycles. The molecule has 1 aliphatic rings. The number of rotatable bonds is 9. The van der Waals surface area contributed by atoms with Crippen molar-refractivity contribution in [1.29, 1.82) is 0 Å². The molecule has 12 heteroatoms. The zero-order valence-corrected chi connectivity index (χ0v) is 22.4. The number of nitrogens with one attached hydrogen (secondary N) is 1. The molecule has 39 heavy (non-hydrogen) atoms. The number of anilines is 2. The molecule has 0 amide bonds. The van der Waals surface area contributed by atoms with Gasteiger partial charge in [0, 0.05) is 29.7 Å². The van der Waals surface area contributed by atoms with Gasteiger partial charge >= 0.3 is 6.18 Å². The molecule has 3 aromatic rings. The number of carboxylic acid groups (broad SMARTS) is 1. The van der Waals surface area contributed by atoms with Crippen LogP contribution in [0.3, 0.4) is 0 Å². The van der Waals surface area contributed by atoms with Crippen LogP contribution in [-0.4, -0.2) is 48.5 Å². The summed E-state index contributed by atoms with van der Waals surface area (Å²) in [5.74, 6) is 2.04. The number of nitrogens with zero attached hydrogens (tertiary/aromatic N) is 2. The number of aromatic nitrogens is 2. The molecule has 4 N–H and O–H groups in total. The Kier molecular flexibility index (Phi) is 9.10. The normalized spacial score (nSPS) is 15.5. The maximum absolute atomic E-state index is 13.3. The van der Waals surface area contributed by atoms with Gasteiger partial charge in [-0.25, -0.2) is 9.97 Å². The Morgan fingerprint density at radius 2 is 1.79 bits per heavy atom. The van der Waals surface area contributed by atoms with Gasteiger partial charge in [0.2, 0.25) is 0 Å². The standard InChI is InChI=1S/C26H31F3N4O3.CH2O2/c1-14(17-8-18(26(27,28)29)10-19(30)9-17)31-24-20-11-23(36-13-25(6-7-25)15(2)34-4)22(35-5)12-21(20)32-16(3)33-24;2-1-3/h8-12,14-15H,6-7,13,30H2,1-5H3,(H,31,32,33);1H,(H,2,3)/t14-,15+;/m1./s1. The van der Waals surface area contributed by atoms with Gasteiger partial charge < -0.3 is 30.4 Å². The van der Waals surface area contributed by atoms with E-state index in [2.05, 4.69) is 15.3 Å². The molecule has 0 saturated heterocycles. The number of fused-ring (bicyclic) bond motifs is 1. The van der Waals surface area contributed by atoms with Crippen LogP contribution in [-0.2, 0) is 15.7 Å². The molecule has 1 heterocycles.